The molecule has 0 saturated carbocycles. The summed E-state index contributed by atoms with van der Waals surface area (Å²) < 4.78 is 39.8. The molecule has 1 fully saturated rings. The number of esters is 1. The highest BCUT2D eigenvalue weighted by atomic mass is 19.3. The van der Waals surface area contributed by atoms with Crippen molar-refractivity contribution in [3.8, 4) is 0 Å². The first kappa shape index (κ1) is 33.6. The zero-order valence-corrected chi connectivity index (χ0v) is 23.3. The summed E-state index contributed by atoms with van der Waals surface area (Å²) in [5.74, 6) is -5.17. The van der Waals surface area contributed by atoms with Crippen LogP contribution >= 0.6 is 0 Å². The lowest BCUT2D eigenvalue weighted by molar-refractivity contribution is -0.150. The van der Waals surface area contributed by atoms with Crippen LogP contribution in [-0.4, -0.2) is 56.4 Å². The van der Waals surface area contributed by atoms with Crippen molar-refractivity contribution in [1.82, 2.24) is 9.55 Å². The lowest BCUT2D eigenvalue weighted by atomic mass is 10.0. The molecule has 2 heterocycles. The number of nitrogens with zero attached hydrogens (tertiary/aromatic N) is 2. The molecule has 1 aromatic heterocycles. The summed E-state index contributed by atoms with van der Waals surface area (Å²) in [5, 5.41) is 18.6. The van der Waals surface area contributed by atoms with E-state index in [-0.39, 0.29) is 18.7 Å². The number of hydrogen-bond acceptors (Lipinski definition) is 8. The van der Waals surface area contributed by atoms with Crippen molar-refractivity contribution in [3.05, 3.63) is 22.7 Å². The van der Waals surface area contributed by atoms with Crippen molar-refractivity contribution < 1.29 is 38.1 Å². The Morgan fingerprint density at radius 2 is 1.40 bits per heavy atom. The quantitative estimate of drug-likeness (QED) is 0.136. The fourth-order valence-corrected chi connectivity index (χ4v) is 4.80. The molecule has 12 heteroatoms. The molecule has 4 N–H and O–H groups in total. The van der Waals surface area contributed by atoms with E-state index in [0.717, 1.165) is 51.1 Å². The molecule has 228 valence electrons. The van der Waals surface area contributed by atoms with E-state index in [0.29, 0.717) is 11.0 Å². The first-order valence-electron chi connectivity index (χ1n) is 14.6. The number of aliphatic hydroxyl groups is 1. The molecule has 0 aliphatic carbocycles. The van der Waals surface area contributed by atoms with Gasteiger partial charge in [0.25, 0.3) is 0 Å². The van der Waals surface area contributed by atoms with Crippen LogP contribution in [0.5, 0.6) is 0 Å². The Labute approximate surface area is 234 Å². The highest BCUT2D eigenvalue weighted by Gasteiger charge is 2.60. The average Bonchev–Trinajstić information content (AvgIpc) is 3.12. The number of unbranched alkanes of at least 4 members (excludes halogenated alkanes) is 14. The molecule has 1 unspecified atom stereocenters. The van der Waals surface area contributed by atoms with Crippen LogP contribution in [0.4, 0.5) is 14.6 Å². The Morgan fingerprint density at radius 3 is 1.88 bits per heavy atom. The molecule has 0 aromatic carbocycles. The maximum Gasteiger partial charge on any atom is 0.351 e. The molecule has 40 heavy (non-hydrogen) atoms. The van der Waals surface area contributed by atoms with Gasteiger partial charge in [-0.2, -0.15) is 13.8 Å². The van der Waals surface area contributed by atoms with Gasteiger partial charge in [-0.15, -0.1) is 0 Å². The van der Waals surface area contributed by atoms with Crippen LogP contribution < -0.4 is 11.4 Å². The highest BCUT2D eigenvalue weighted by Crippen LogP contribution is 2.42. The fraction of sp³-hybridized carbons (Fsp3) is 0.786. The lowest BCUT2D eigenvalue weighted by Crippen LogP contribution is -2.42. The van der Waals surface area contributed by atoms with Crippen molar-refractivity contribution in [2.45, 2.75) is 134 Å². The number of nitrogens with two attached hydrogens (primary N) is 1. The summed E-state index contributed by atoms with van der Waals surface area (Å²) in [6.07, 6.45) is 11.9. The minimum Gasteiger partial charge on any atom is -0.481 e. The number of carbonyl (C=O) groups excluding carboxylic acids is 1. The zero-order valence-electron chi connectivity index (χ0n) is 23.3. The molecule has 1 aliphatic rings. The number of hydrogen-bond donors (Lipinski definition) is 3. The van der Waals surface area contributed by atoms with Crippen LogP contribution in [0.2, 0.25) is 0 Å². The van der Waals surface area contributed by atoms with Gasteiger partial charge in [0.1, 0.15) is 18.5 Å². The predicted molar refractivity (Wildman–Crippen MR) is 145 cm³/mol. The van der Waals surface area contributed by atoms with E-state index in [1.54, 1.807) is 0 Å². The standard InChI is InChI=1S/C28H45F2N3O7/c29-28(30)25(37)21(40-26(28)33-19-18-22(31)32-27(33)38)20-39-24(36)17-15-13-11-9-7-5-3-1-2-4-6-8-10-12-14-16-23(34)35/h18-19,21,25-26,37H,1-17,20H2,(H,34,35)(H2,31,32,38)/t21-,25?,26-/m1/s1. The number of carbonyl (C=O) groups is 2. The van der Waals surface area contributed by atoms with Gasteiger partial charge in [0.15, 0.2) is 6.10 Å². The molecule has 0 spiro atoms. The van der Waals surface area contributed by atoms with Crippen molar-refractivity contribution in [3.63, 3.8) is 0 Å². The third kappa shape index (κ3) is 11.9. The number of aliphatic hydroxyl groups excluding tert-OH is 1. The van der Waals surface area contributed by atoms with Crippen molar-refractivity contribution in [2.24, 2.45) is 0 Å². The minimum absolute atomic E-state index is 0.129. The number of rotatable bonds is 21. The number of aliphatic carboxylic acids is 1. The van der Waals surface area contributed by atoms with Crippen molar-refractivity contribution in [1.29, 1.82) is 0 Å². The first-order valence-corrected chi connectivity index (χ1v) is 14.6. The van der Waals surface area contributed by atoms with E-state index in [9.17, 15) is 28.3 Å². The Bertz CT molecular complexity index is 960. The van der Waals surface area contributed by atoms with Gasteiger partial charge in [0.05, 0.1) is 0 Å². The highest BCUT2D eigenvalue weighted by molar-refractivity contribution is 5.69. The Kier molecular flexibility index (Phi) is 15.1. The molecular formula is C28H45F2N3O7. The largest absolute Gasteiger partial charge is 0.481 e. The van der Waals surface area contributed by atoms with Gasteiger partial charge in [0, 0.05) is 19.0 Å². The molecule has 2 rings (SSSR count). The monoisotopic (exact) mass is 573 g/mol. The summed E-state index contributed by atoms with van der Waals surface area (Å²) >= 11 is 0. The fourth-order valence-electron chi connectivity index (χ4n) is 4.80. The molecule has 10 nitrogen and oxygen atoms in total. The third-order valence-corrected chi connectivity index (χ3v) is 7.16. The normalized spacial score (nSPS) is 20.0. The number of halogens is 2. The van der Waals surface area contributed by atoms with E-state index in [2.05, 4.69) is 4.98 Å². The van der Waals surface area contributed by atoms with Crippen LogP contribution in [0.1, 0.15) is 115 Å². The number of carboxylic acids is 1. The Balaban J connectivity index is 1.45. The molecule has 0 amide bonds. The summed E-state index contributed by atoms with van der Waals surface area (Å²) in [7, 11) is 0. The number of anilines is 1. The van der Waals surface area contributed by atoms with Crippen molar-refractivity contribution in [2.75, 3.05) is 12.3 Å². The SMILES string of the molecule is Nc1ccn([C@@H]2O[C@H](COC(=O)CCCCCCCCCCCCCCCCCC(=O)O)C(O)C2(F)F)c(=O)n1. The number of carboxylic acid groups (broad SMARTS) is 1. The number of nitrogen functional groups attached to an aromatic ring is 1. The molecule has 0 bridgehead atoms. The molecular weight excluding hydrogens is 528 g/mol. The number of ether oxygens (including phenoxy) is 2. The van der Waals surface area contributed by atoms with Crippen molar-refractivity contribution >= 4 is 17.8 Å². The topological polar surface area (TPSA) is 154 Å². The summed E-state index contributed by atoms with van der Waals surface area (Å²) in [6, 6.07) is 1.17. The van der Waals surface area contributed by atoms with Gasteiger partial charge >= 0.3 is 23.6 Å². The summed E-state index contributed by atoms with van der Waals surface area (Å²) in [6.45, 7) is -0.546. The Morgan fingerprint density at radius 1 is 0.925 bits per heavy atom. The predicted octanol–water partition coefficient (Wildman–Crippen LogP) is 4.98. The first-order chi connectivity index (χ1) is 19.1. The van der Waals surface area contributed by atoms with Crippen LogP contribution in [-0.2, 0) is 19.1 Å². The van der Waals surface area contributed by atoms with Gasteiger partial charge in [0.2, 0.25) is 6.23 Å². The van der Waals surface area contributed by atoms with Crippen LogP contribution in [0, 0.1) is 0 Å². The molecule has 1 aromatic rings. The van der Waals surface area contributed by atoms with Crippen LogP contribution in [0.3, 0.4) is 0 Å². The second-order valence-corrected chi connectivity index (χ2v) is 10.6. The maximum absolute atomic E-state index is 14.5. The second kappa shape index (κ2) is 18.0. The van der Waals surface area contributed by atoms with E-state index < -0.39 is 48.6 Å². The van der Waals surface area contributed by atoms with Gasteiger partial charge in [-0.3, -0.25) is 14.2 Å². The molecule has 3 atom stereocenters. The number of aromatic nitrogens is 2. The van der Waals surface area contributed by atoms with Crippen LogP contribution in [0.25, 0.3) is 0 Å². The van der Waals surface area contributed by atoms with E-state index in [1.807, 2.05) is 0 Å². The van der Waals surface area contributed by atoms with Gasteiger partial charge < -0.3 is 25.4 Å². The molecule has 0 radical (unpaired) electrons. The third-order valence-electron chi connectivity index (χ3n) is 7.16. The smallest absolute Gasteiger partial charge is 0.351 e. The number of alkyl halides is 2. The summed E-state index contributed by atoms with van der Waals surface area (Å²) in [5.41, 5.74) is 4.34. The minimum atomic E-state index is -3.79. The second-order valence-electron chi connectivity index (χ2n) is 10.6. The lowest BCUT2D eigenvalue weighted by Gasteiger charge is -2.20. The zero-order chi connectivity index (χ0) is 29.4. The molecule has 1 aliphatic heterocycles. The van der Waals surface area contributed by atoms with E-state index >= 15 is 0 Å². The van der Waals surface area contributed by atoms with E-state index in [4.69, 9.17) is 20.3 Å². The van der Waals surface area contributed by atoms with E-state index in [1.165, 1.54) is 51.0 Å². The molecule has 1 saturated heterocycles. The Hall–Kier alpha value is -2.60. The van der Waals surface area contributed by atoms with Gasteiger partial charge in [-0.05, 0) is 18.9 Å². The average molecular weight is 574 g/mol. The van der Waals surface area contributed by atoms with Crippen LogP contribution in [0.15, 0.2) is 17.1 Å². The summed E-state index contributed by atoms with van der Waals surface area (Å²) in [4.78, 5) is 37.8. The van der Waals surface area contributed by atoms with Gasteiger partial charge in [-0.25, -0.2) is 4.79 Å². The maximum atomic E-state index is 14.5. The van der Waals surface area contributed by atoms with Gasteiger partial charge in [-0.1, -0.05) is 83.5 Å².